The van der Waals surface area contributed by atoms with Gasteiger partial charge in [-0.2, -0.15) is 9.97 Å². The summed E-state index contributed by atoms with van der Waals surface area (Å²) < 4.78 is 0. The van der Waals surface area contributed by atoms with Crippen molar-refractivity contribution >= 4 is 17.7 Å². The molecule has 6 heteroatoms. The second-order valence-corrected chi connectivity index (χ2v) is 4.90. The molecule has 0 unspecified atom stereocenters. The highest BCUT2D eigenvalue weighted by atomic mass is 32.2. The van der Waals surface area contributed by atoms with Gasteiger partial charge in [-0.15, -0.1) is 0 Å². The summed E-state index contributed by atoms with van der Waals surface area (Å²) in [6.07, 6.45) is 4.27. The highest BCUT2D eigenvalue weighted by molar-refractivity contribution is 7.98. The van der Waals surface area contributed by atoms with Gasteiger partial charge in [0.25, 0.3) is 0 Å². The van der Waals surface area contributed by atoms with Gasteiger partial charge >= 0.3 is 0 Å². The molecule has 0 aromatic carbocycles. The van der Waals surface area contributed by atoms with Crippen LogP contribution in [0.15, 0.2) is 5.16 Å². The van der Waals surface area contributed by atoms with Gasteiger partial charge in [-0.3, -0.25) is 0 Å². The second kappa shape index (κ2) is 7.45. The number of nitrogens with one attached hydrogen (secondary N) is 1. The van der Waals surface area contributed by atoms with Gasteiger partial charge in [0.1, 0.15) is 5.82 Å². The van der Waals surface area contributed by atoms with Crippen LogP contribution < -0.4 is 5.32 Å². The number of hydrogen-bond donors (Lipinski definition) is 1. The topological polar surface area (TPSA) is 53.9 Å². The van der Waals surface area contributed by atoms with Crippen LogP contribution in [0.25, 0.3) is 0 Å². The van der Waals surface area contributed by atoms with E-state index in [1.165, 1.54) is 18.2 Å². The van der Waals surface area contributed by atoms with Gasteiger partial charge in [-0.05, 0) is 46.7 Å². The molecule has 0 aliphatic rings. The Balaban J connectivity index is 2.33. The van der Waals surface area contributed by atoms with Crippen molar-refractivity contribution in [2.75, 3.05) is 38.8 Å². The Kier molecular flexibility index (Phi) is 6.21. The molecule has 1 aromatic heterocycles. The first kappa shape index (κ1) is 14.2. The number of aromatic nitrogens is 3. The molecule has 0 bridgehead atoms. The summed E-state index contributed by atoms with van der Waals surface area (Å²) in [5, 5.41) is 4.01. The summed E-state index contributed by atoms with van der Waals surface area (Å²) >= 11 is 1.54. The molecule has 17 heavy (non-hydrogen) atoms. The molecule has 1 N–H and O–H groups in total. The zero-order valence-corrected chi connectivity index (χ0v) is 11.8. The molecule has 96 valence electrons. The van der Waals surface area contributed by atoms with Crippen LogP contribution in [0.4, 0.5) is 5.95 Å². The number of hydrogen-bond acceptors (Lipinski definition) is 6. The van der Waals surface area contributed by atoms with Crippen LogP contribution in [0, 0.1) is 6.92 Å². The summed E-state index contributed by atoms with van der Waals surface area (Å²) in [6, 6.07) is 0. The minimum absolute atomic E-state index is 0.687. The number of unbranched alkanes of at least 4 members (excludes halogenated alkanes) is 1. The Morgan fingerprint density at radius 3 is 2.59 bits per heavy atom. The molecule has 0 amide bonds. The standard InChI is InChI=1S/C11H21N5S/c1-9-13-10(15-11(14-9)17-4)12-7-5-6-8-16(2)3/h5-8H2,1-4H3,(H,12,13,14,15). The van der Waals surface area contributed by atoms with Crippen LogP contribution >= 0.6 is 11.8 Å². The van der Waals surface area contributed by atoms with E-state index in [2.05, 4.69) is 39.3 Å². The second-order valence-electron chi connectivity index (χ2n) is 4.13. The van der Waals surface area contributed by atoms with E-state index >= 15 is 0 Å². The molecular weight excluding hydrogens is 234 g/mol. The van der Waals surface area contributed by atoms with Gasteiger partial charge in [0.15, 0.2) is 5.16 Å². The van der Waals surface area contributed by atoms with Crippen LogP contribution in [0.2, 0.25) is 0 Å². The average Bonchev–Trinajstić information content (AvgIpc) is 2.27. The third kappa shape index (κ3) is 5.83. The highest BCUT2D eigenvalue weighted by Crippen LogP contribution is 2.10. The van der Waals surface area contributed by atoms with E-state index in [9.17, 15) is 0 Å². The summed E-state index contributed by atoms with van der Waals surface area (Å²) in [5.74, 6) is 1.45. The minimum Gasteiger partial charge on any atom is -0.354 e. The van der Waals surface area contributed by atoms with Gasteiger partial charge in [-0.25, -0.2) is 4.98 Å². The van der Waals surface area contributed by atoms with Crippen LogP contribution in [0.1, 0.15) is 18.7 Å². The van der Waals surface area contributed by atoms with Crippen molar-refractivity contribution in [1.82, 2.24) is 19.9 Å². The zero-order chi connectivity index (χ0) is 12.7. The van der Waals surface area contributed by atoms with Crippen molar-refractivity contribution in [1.29, 1.82) is 0 Å². The Bertz CT molecular complexity index is 343. The zero-order valence-electron chi connectivity index (χ0n) is 11.0. The quantitative estimate of drug-likeness (QED) is 0.591. The first-order valence-corrected chi connectivity index (χ1v) is 6.99. The molecular formula is C11H21N5S. The van der Waals surface area contributed by atoms with Crippen molar-refractivity contribution in [3.8, 4) is 0 Å². The maximum absolute atomic E-state index is 4.30. The maximum atomic E-state index is 4.30. The SMILES string of the molecule is CSc1nc(C)nc(NCCCCN(C)C)n1. The normalized spacial score (nSPS) is 10.9. The fourth-order valence-electron chi connectivity index (χ4n) is 1.38. The number of aryl methyl sites for hydroxylation is 1. The monoisotopic (exact) mass is 255 g/mol. The predicted molar refractivity (Wildman–Crippen MR) is 72.6 cm³/mol. The Morgan fingerprint density at radius 2 is 1.94 bits per heavy atom. The largest absolute Gasteiger partial charge is 0.354 e. The number of thioether (sulfide) groups is 1. The summed E-state index contributed by atoms with van der Waals surface area (Å²) in [6.45, 7) is 3.91. The fraction of sp³-hybridized carbons (Fsp3) is 0.727. The van der Waals surface area contributed by atoms with Gasteiger partial charge in [-0.1, -0.05) is 11.8 Å². The predicted octanol–water partition coefficient (Wildman–Crippen LogP) is 1.66. The van der Waals surface area contributed by atoms with Crippen molar-refractivity contribution in [3.63, 3.8) is 0 Å². The number of nitrogens with zero attached hydrogens (tertiary/aromatic N) is 4. The lowest BCUT2D eigenvalue weighted by Gasteiger charge is -2.09. The van der Waals surface area contributed by atoms with E-state index in [1.807, 2.05) is 13.2 Å². The van der Waals surface area contributed by atoms with Crippen molar-refractivity contribution in [2.45, 2.75) is 24.9 Å². The Labute approximate surface area is 107 Å². The Morgan fingerprint density at radius 1 is 1.18 bits per heavy atom. The van der Waals surface area contributed by atoms with Crippen molar-refractivity contribution in [3.05, 3.63) is 5.82 Å². The molecule has 0 spiro atoms. The van der Waals surface area contributed by atoms with Crippen molar-refractivity contribution in [2.24, 2.45) is 0 Å². The van der Waals surface area contributed by atoms with E-state index in [0.717, 1.165) is 30.5 Å². The third-order valence-electron chi connectivity index (χ3n) is 2.22. The van der Waals surface area contributed by atoms with E-state index in [0.29, 0.717) is 5.95 Å². The fourth-order valence-corrected chi connectivity index (χ4v) is 1.78. The van der Waals surface area contributed by atoms with Gasteiger partial charge in [0.2, 0.25) is 5.95 Å². The van der Waals surface area contributed by atoms with Crippen molar-refractivity contribution < 1.29 is 0 Å². The molecule has 0 atom stereocenters. The minimum atomic E-state index is 0.687. The highest BCUT2D eigenvalue weighted by Gasteiger charge is 2.01. The molecule has 1 heterocycles. The van der Waals surface area contributed by atoms with E-state index in [4.69, 9.17) is 0 Å². The molecule has 0 aliphatic carbocycles. The summed E-state index contributed by atoms with van der Waals surface area (Å²) in [7, 11) is 4.18. The number of anilines is 1. The summed E-state index contributed by atoms with van der Waals surface area (Å²) in [4.78, 5) is 15.0. The first-order valence-electron chi connectivity index (χ1n) is 5.77. The van der Waals surface area contributed by atoms with E-state index in [-0.39, 0.29) is 0 Å². The first-order chi connectivity index (χ1) is 8.11. The molecule has 0 aliphatic heterocycles. The molecule has 0 fully saturated rings. The smallest absolute Gasteiger partial charge is 0.226 e. The molecule has 0 saturated carbocycles. The van der Waals surface area contributed by atoms with E-state index < -0.39 is 0 Å². The lowest BCUT2D eigenvalue weighted by molar-refractivity contribution is 0.396. The Hall–Kier alpha value is -0.880. The van der Waals surface area contributed by atoms with Gasteiger partial charge in [0, 0.05) is 6.54 Å². The van der Waals surface area contributed by atoms with Gasteiger partial charge < -0.3 is 10.2 Å². The molecule has 5 nitrogen and oxygen atoms in total. The number of rotatable bonds is 7. The van der Waals surface area contributed by atoms with Crippen LogP contribution in [-0.2, 0) is 0 Å². The molecule has 0 radical (unpaired) electrons. The van der Waals surface area contributed by atoms with Gasteiger partial charge in [0.05, 0.1) is 0 Å². The lowest BCUT2D eigenvalue weighted by atomic mass is 10.3. The van der Waals surface area contributed by atoms with Crippen LogP contribution in [0.3, 0.4) is 0 Å². The molecule has 0 saturated heterocycles. The van der Waals surface area contributed by atoms with E-state index in [1.54, 1.807) is 0 Å². The maximum Gasteiger partial charge on any atom is 0.226 e. The lowest BCUT2D eigenvalue weighted by Crippen LogP contribution is -2.14. The summed E-state index contributed by atoms with van der Waals surface area (Å²) in [5.41, 5.74) is 0. The molecule has 1 aromatic rings. The van der Waals surface area contributed by atoms with Crippen LogP contribution in [-0.4, -0.2) is 53.3 Å². The third-order valence-corrected chi connectivity index (χ3v) is 2.77. The van der Waals surface area contributed by atoms with Crippen LogP contribution in [0.5, 0.6) is 0 Å². The molecule has 1 rings (SSSR count). The average molecular weight is 255 g/mol.